The van der Waals surface area contributed by atoms with E-state index in [-0.39, 0.29) is 67.0 Å². The number of aliphatic hydroxyl groups is 1. The summed E-state index contributed by atoms with van der Waals surface area (Å²) in [5, 5.41) is 29.2. The van der Waals surface area contributed by atoms with Crippen LogP contribution in [0.3, 0.4) is 0 Å². The van der Waals surface area contributed by atoms with E-state index in [9.17, 15) is 24.6 Å². The largest absolute Gasteiger partial charge is 0.507 e. The molecule has 2 bridgehead atoms. The van der Waals surface area contributed by atoms with E-state index in [0.717, 1.165) is 88.9 Å². The summed E-state index contributed by atoms with van der Waals surface area (Å²) in [4.78, 5) is 65.6. The molecule has 4 fully saturated rings. The summed E-state index contributed by atoms with van der Waals surface area (Å²) >= 11 is 1.59. The molecular formula is C52H68N12O5S. The Morgan fingerprint density at radius 3 is 2.26 bits per heavy atom. The van der Waals surface area contributed by atoms with Gasteiger partial charge in [-0.15, -0.1) is 11.3 Å². The number of piperazine rings is 1. The van der Waals surface area contributed by atoms with Crippen LogP contribution in [0.1, 0.15) is 88.1 Å². The van der Waals surface area contributed by atoms with Crippen LogP contribution in [-0.2, 0) is 27.5 Å². The standard InChI is InChI=1S/C52H68N12O5S/c1-31-45(70-30-57-31)34-13-11-32(12-14-34)23-54-49(68)43-21-39(65)29-63(43)50(69)46(52(2,3)4)58-48(67)35-15-17-36(18-16-35)60(5)26-33-24-55-51(56-25-33)64-37-19-20-38(64)28-62(27-37)42-22-41(61(6)59-47(42)53)40-9-7-8-10-44(40)66/h7-14,22,24-25,30,35-39,43,46,59,65-66H,15-21,23,26-29,53H2,1-6H3,(H,54,68)(H,58,67)/t35?,36?,37?,38?,39-,43+,46-/m1/s1. The molecule has 5 atom stereocenters. The number of benzene rings is 2. The number of phenolic OH excluding ortho intramolecular Hbond substituents is 1. The molecule has 17 nitrogen and oxygen atoms in total. The van der Waals surface area contributed by atoms with Crippen LogP contribution < -0.4 is 26.7 Å². The number of hydrogen-bond acceptors (Lipinski definition) is 15. The van der Waals surface area contributed by atoms with Gasteiger partial charge in [0.1, 0.15) is 23.7 Å². The Morgan fingerprint density at radius 1 is 0.929 bits per heavy atom. The van der Waals surface area contributed by atoms with Crippen LogP contribution in [0.4, 0.5) is 5.95 Å². The highest BCUT2D eigenvalue weighted by Crippen LogP contribution is 2.38. The van der Waals surface area contributed by atoms with Crippen molar-refractivity contribution < 1.29 is 24.6 Å². The zero-order valence-corrected chi connectivity index (χ0v) is 42.0. The molecular weight excluding hydrogens is 905 g/mol. The van der Waals surface area contributed by atoms with Crippen molar-refractivity contribution in [3.63, 3.8) is 0 Å². The number of aromatic nitrogens is 3. The third-order valence-corrected chi connectivity index (χ3v) is 15.9. The lowest BCUT2D eigenvalue weighted by molar-refractivity contribution is -0.144. The topological polar surface area (TPSA) is 209 Å². The fraction of sp³-hybridized carbons (Fsp3) is 0.500. The number of anilines is 1. The molecule has 7 N–H and O–H groups in total. The number of hydrogen-bond donors (Lipinski definition) is 6. The maximum atomic E-state index is 14.3. The minimum Gasteiger partial charge on any atom is -0.507 e. The maximum Gasteiger partial charge on any atom is 0.246 e. The molecule has 1 aliphatic carbocycles. The molecule has 0 spiro atoms. The summed E-state index contributed by atoms with van der Waals surface area (Å²) in [6, 6.07) is 14.3. The molecule has 2 unspecified atom stereocenters. The zero-order valence-electron chi connectivity index (χ0n) is 41.1. The highest BCUT2D eigenvalue weighted by Gasteiger charge is 2.46. The predicted molar refractivity (Wildman–Crippen MR) is 270 cm³/mol. The van der Waals surface area contributed by atoms with Crippen molar-refractivity contribution in [3.8, 4) is 16.2 Å². The predicted octanol–water partition coefficient (Wildman–Crippen LogP) is 4.69. The number of likely N-dealkylation sites (tertiary alicyclic amines) is 2. The molecule has 3 saturated heterocycles. The molecule has 3 amide bonds. The van der Waals surface area contributed by atoms with E-state index in [2.05, 4.69) is 48.9 Å². The van der Waals surface area contributed by atoms with Crippen molar-refractivity contribution in [1.82, 2.24) is 50.7 Å². The molecule has 4 aromatic rings. The van der Waals surface area contributed by atoms with Crippen LogP contribution in [0, 0.1) is 18.3 Å². The van der Waals surface area contributed by atoms with E-state index >= 15 is 0 Å². The second-order valence-electron chi connectivity index (χ2n) is 20.9. The Kier molecular flexibility index (Phi) is 14.1. The van der Waals surface area contributed by atoms with E-state index in [1.54, 1.807) is 17.4 Å². The Labute approximate surface area is 414 Å². The minimum absolute atomic E-state index is 0.0266. The monoisotopic (exact) mass is 973 g/mol. The van der Waals surface area contributed by atoms with Gasteiger partial charge >= 0.3 is 0 Å². The molecule has 0 radical (unpaired) electrons. The first kappa shape index (κ1) is 48.8. The van der Waals surface area contributed by atoms with Crippen molar-refractivity contribution in [2.45, 2.75) is 122 Å². The molecule has 372 valence electrons. The average Bonchev–Trinajstić information content (AvgIpc) is 4.03. The Morgan fingerprint density at radius 2 is 1.61 bits per heavy atom. The van der Waals surface area contributed by atoms with Crippen LogP contribution in [0.5, 0.6) is 5.75 Å². The van der Waals surface area contributed by atoms with Crippen molar-refractivity contribution in [2.75, 3.05) is 38.6 Å². The number of aliphatic hydroxyl groups excluding tert-OH is 1. The number of phenols is 1. The number of para-hydroxylation sites is 1. The fourth-order valence-electron chi connectivity index (χ4n) is 11.0. The van der Waals surface area contributed by atoms with Gasteiger partial charge in [-0.1, -0.05) is 57.2 Å². The summed E-state index contributed by atoms with van der Waals surface area (Å²) in [5.41, 5.74) is 17.5. The molecule has 6 heterocycles. The number of allylic oxidation sites excluding steroid dienone is 1. The van der Waals surface area contributed by atoms with E-state index < -0.39 is 23.6 Å². The van der Waals surface area contributed by atoms with Crippen molar-refractivity contribution in [3.05, 3.63) is 106 Å². The fourth-order valence-corrected chi connectivity index (χ4v) is 11.8. The van der Waals surface area contributed by atoms with Crippen LogP contribution >= 0.6 is 11.3 Å². The van der Waals surface area contributed by atoms with Crippen molar-refractivity contribution >= 4 is 40.7 Å². The number of carbonyl (C=O) groups excluding carboxylic acids is 3. The number of β-amino-alcohol motifs (C(OH)–C–C–N with tert-alkyl or cyclic N) is 1. The number of nitrogens with two attached hydrogens (primary N) is 1. The SMILES string of the molecule is Cc1ncsc1-c1ccc(CNC(=O)[C@@H]2C[C@@H](O)CN2C(=O)[C@@H](NC(=O)C2CCC(N(C)Cc3cnc(N4C5CCC4CN(C4=C(N)NN(C)C(c6ccccc6O)=C4)C5)nc3)CC2)C(C)(C)C)cc1. The number of nitrogens with one attached hydrogen (secondary N) is 3. The highest BCUT2D eigenvalue weighted by atomic mass is 32.1. The zero-order chi connectivity index (χ0) is 49.4. The third kappa shape index (κ3) is 10.3. The highest BCUT2D eigenvalue weighted by molar-refractivity contribution is 7.13. The van der Waals surface area contributed by atoms with E-state index in [4.69, 9.17) is 15.7 Å². The normalized spacial score (nSPS) is 24.1. The number of fused-ring (bicyclic) bond motifs is 2. The van der Waals surface area contributed by atoms with Gasteiger partial charge in [0.05, 0.1) is 33.6 Å². The van der Waals surface area contributed by atoms with Gasteiger partial charge in [-0.3, -0.25) is 29.7 Å². The van der Waals surface area contributed by atoms with Crippen LogP contribution in [-0.4, -0.2) is 133 Å². The lowest BCUT2D eigenvalue weighted by Crippen LogP contribution is -2.58. The van der Waals surface area contributed by atoms with Gasteiger partial charge in [-0.25, -0.2) is 15.0 Å². The number of hydrazine groups is 1. The second kappa shape index (κ2) is 20.2. The maximum absolute atomic E-state index is 14.3. The van der Waals surface area contributed by atoms with Crippen molar-refractivity contribution in [1.29, 1.82) is 0 Å². The molecule has 5 aliphatic rings. The van der Waals surface area contributed by atoms with Gasteiger partial charge in [0, 0.05) is 93.8 Å². The van der Waals surface area contributed by atoms with E-state index in [0.29, 0.717) is 25.2 Å². The number of rotatable bonds is 13. The molecule has 2 aromatic heterocycles. The lowest BCUT2D eigenvalue weighted by atomic mass is 9.82. The molecule has 1 saturated carbocycles. The van der Waals surface area contributed by atoms with Crippen LogP contribution in [0.2, 0.25) is 0 Å². The van der Waals surface area contributed by atoms with Gasteiger partial charge in [-0.2, -0.15) is 0 Å². The summed E-state index contributed by atoms with van der Waals surface area (Å²) in [7, 11) is 4.00. The van der Waals surface area contributed by atoms with Crippen molar-refractivity contribution in [2.24, 2.45) is 17.1 Å². The smallest absolute Gasteiger partial charge is 0.246 e. The Hall–Kier alpha value is -6.24. The second-order valence-corrected chi connectivity index (χ2v) is 21.8. The minimum atomic E-state index is -0.875. The molecule has 18 heteroatoms. The Balaban J connectivity index is 0.754. The molecule has 9 rings (SSSR count). The summed E-state index contributed by atoms with van der Waals surface area (Å²) in [6.45, 7) is 10.3. The van der Waals surface area contributed by atoms with Crippen LogP contribution in [0.25, 0.3) is 16.1 Å². The first-order chi connectivity index (χ1) is 33.5. The van der Waals surface area contributed by atoms with Gasteiger partial charge in [0.15, 0.2) is 0 Å². The number of thiazole rings is 1. The molecule has 2 aromatic carbocycles. The van der Waals surface area contributed by atoms with Gasteiger partial charge in [-0.05, 0) is 87.2 Å². The van der Waals surface area contributed by atoms with Crippen LogP contribution in [0.15, 0.2) is 84.0 Å². The summed E-state index contributed by atoms with van der Waals surface area (Å²) in [6.07, 6.45) is 10.3. The molecule has 70 heavy (non-hydrogen) atoms. The average molecular weight is 973 g/mol. The lowest BCUT2D eigenvalue weighted by Gasteiger charge is -2.44. The summed E-state index contributed by atoms with van der Waals surface area (Å²) in [5.74, 6) is 0.450. The number of carbonyl (C=O) groups is 3. The molecule has 4 aliphatic heterocycles. The van der Waals surface area contributed by atoms with E-state index in [1.807, 2.05) is 100 Å². The number of nitrogens with zero attached hydrogens (tertiary/aromatic N) is 8. The number of aromatic hydroxyl groups is 1. The van der Waals surface area contributed by atoms with E-state index in [1.165, 1.54) is 4.90 Å². The number of aryl methyl sites for hydroxylation is 1. The number of amides is 3. The first-order valence-electron chi connectivity index (χ1n) is 24.6. The van der Waals surface area contributed by atoms with Gasteiger partial charge < -0.3 is 41.3 Å². The summed E-state index contributed by atoms with van der Waals surface area (Å²) < 4.78 is 0. The quantitative estimate of drug-likeness (QED) is 0.108. The third-order valence-electron chi connectivity index (χ3n) is 14.9. The first-order valence-corrected chi connectivity index (χ1v) is 25.5. The Bertz CT molecular complexity index is 2590. The van der Waals surface area contributed by atoms with Gasteiger partial charge in [0.25, 0.3) is 0 Å². The van der Waals surface area contributed by atoms with Gasteiger partial charge in [0.2, 0.25) is 23.7 Å².